The van der Waals surface area contributed by atoms with E-state index in [0.717, 1.165) is 30.6 Å². The van der Waals surface area contributed by atoms with Gasteiger partial charge < -0.3 is 4.52 Å². The summed E-state index contributed by atoms with van der Waals surface area (Å²) >= 11 is 0. The molecule has 1 fully saturated rings. The molecule has 0 radical (unpaired) electrons. The van der Waals surface area contributed by atoms with Crippen molar-refractivity contribution in [3.05, 3.63) is 29.7 Å². The maximum atomic E-state index is 12.3. The standard InChI is InChI=1S/C17H25N5O2/c1-17(2,3)14-8-16(24-20-14)19-15(23)11-22-7-5-6-13(22)12-9-18-21(4)10-12/h8-10,13H,5-7,11H2,1-4H3,(H,19,23)/t13-/m1/s1. The van der Waals surface area contributed by atoms with Crippen molar-refractivity contribution in [1.29, 1.82) is 0 Å². The van der Waals surface area contributed by atoms with Gasteiger partial charge in [0.15, 0.2) is 0 Å². The van der Waals surface area contributed by atoms with E-state index in [1.54, 1.807) is 10.7 Å². The van der Waals surface area contributed by atoms with Gasteiger partial charge in [-0.3, -0.25) is 19.7 Å². The summed E-state index contributed by atoms with van der Waals surface area (Å²) in [7, 11) is 1.91. The quantitative estimate of drug-likeness (QED) is 0.931. The van der Waals surface area contributed by atoms with E-state index >= 15 is 0 Å². The van der Waals surface area contributed by atoms with Crippen LogP contribution in [0, 0.1) is 0 Å². The summed E-state index contributed by atoms with van der Waals surface area (Å²) in [5, 5.41) is 11.1. The molecule has 0 aliphatic carbocycles. The lowest BCUT2D eigenvalue weighted by molar-refractivity contribution is -0.117. The summed E-state index contributed by atoms with van der Waals surface area (Å²) in [5.74, 6) is 0.324. The van der Waals surface area contributed by atoms with Gasteiger partial charge in [-0.05, 0) is 19.4 Å². The lowest BCUT2D eigenvalue weighted by Gasteiger charge is -2.22. The summed E-state index contributed by atoms with van der Waals surface area (Å²) in [6.45, 7) is 7.42. The molecule has 1 amide bonds. The molecule has 7 heteroatoms. The van der Waals surface area contributed by atoms with Crippen LogP contribution < -0.4 is 5.32 Å². The topological polar surface area (TPSA) is 76.2 Å². The number of anilines is 1. The van der Waals surface area contributed by atoms with E-state index in [1.807, 2.05) is 19.4 Å². The third-order valence-corrected chi connectivity index (χ3v) is 4.36. The van der Waals surface area contributed by atoms with Crippen LogP contribution in [0.25, 0.3) is 0 Å². The van der Waals surface area contributed by atoms with Gasteiger partial charge in [0.1, 0.15) is 0 Å². The number of hydrogen-bond donors (Lipinski definition) is 1. The number of nitrogens with zero attached hydrogens (tertiary/aromatic N) is 4. The minimum atomic E-state index is -0.104. The predicted molar refractivity (Wildman–Crippen MR) is 90.6 cm³/mol. The highest BCUT2D eigenvalue weighted by molar-refractivity contribution is 5.91. The van der Waals surface area contributed by atoms with Crippen molar-refractivity contribution in [2.75, 3.05) is 18.4 Å². The third kappa shape index (κ3) is 3.67. The van der Waals surface area contributed by atoms with Crippen LogP contribution in [0.4, 0.5) is 5.88 Å². The van der Waals surface area contributed by atoms with Crippen LogP contribution >= 0.6 is 0 Å². The number of hydrogen-bond acceptors (Lipinski definition) is 5. The van der Waals surface area contributed by atoms with Crippen LogP contribution in [-0.4, -0.2) is 38.8 Å². The van der Waals surface area contributed by atoms with Crippen LogP contribution in [0.1, 0.15) is 50.9 Å². The fourth-order valence-corrected chi connectivity index (χ4v) is 3.05. The Morgan fingerprint density at radius 1 is 1.46 bits per heavy atom. The Kier molecular flexibility index (Phi) is 4.45. The third-order valence-electron chi connectivity index (χ3n) is 4.36. The Morgan fingerprint density at radius 2 is 2.25 bits per heavy atom. The average Bonchev–Trinajstić information content (AvgIpc) is 3.18. The monoisotopic (exact) mass is 331 g/mol. The van der Waals surface area contributed by atoms with Gasteiger partial charge in [-0.25, -0.2) is 0 Å². The number of aromatic nitrogens is 3. The van der Waals surface area contributed by atoms with Gasteiger partial charge in [0, 0.05) is 36.3 Å². The summed E-state index contributed by atoms with van der Waals surface area (Å²) < 4.78 is 7.03. The summed E-state index contributed by atoms with van der Waals surface area (Å²) in [5.41, 5.74) is 1.89. The van der Waals surface area contributed by atoms with E-state index in [9.17, 15) is 4.79 Å². The Labute approximate surface area is 142 Å². The SMILES string of the molecule is Cn1cc([C@H]2CCCN2CC(=O)Nc2cc(C(C)(C)C)no2)cn1. The first-order valence-corrected chi connectivity index (χ1v) is 8.32. The smallest absolute Gasteiger partial charge is 0.240 e. The zero-order chi connectivity index (χ0) is 17.3. The highest BCUT2D eigenvalue weighted by atomic mass is 16.5. The second-order valence-electron chi connectivity index (χ2n) is 7.45. The Morgan fingerprint density at radius 3 is 2.88 bits per heavy atom. The van der Waals surface area contributed by atoms with Gasteiger partial charge in [-0.15, -0.1) is 0 Å². The molecule has 7 nitrogen and oxygen atoms in total. The van der Waals surface area contributed by atoms with E-state index < -0.39 is 0 Å². The summed E-state index contributed by atoms with van der Waals surface area (Å²) in [6, 6.07) is 2.05. The molecule has 2 aromatic heterocycles. The number of carbonyl (C=O) groups is 1. The van der Waals surface area contributed by atoms with E-state index in [-0.39, 0.29) is 17.4 Å². The molecule has 3 rings (SSSR count). The zero-order valence-corrected chi connectivity index (χ0v) is 14.7. The zero-order valence-electron chi connectivity index (χ0n) is 14.7. The fourth-order valence-electron chi connectivity index (χ4n) is 3.05. The lowest BCUT2D eigenvalue weighted by Crippen LogP contribution is -2.32. The number of amides is 1. The molecule has 1 N–H and O–H groups in total. The Bertz CT molecular complexity index is 713. The summed E-state index contributed by atoms with van der Waals surface area (Å²) in [4.78, 5) is 14.5. The van der Waals surface area contributed by atoms with E-state index in [2.05, 4.69) is 41.2 Å². The minimum absolute atomic E-state index is 0.0811. The molecule has 1 saturated heterocycles. The predicted octanol–water partition coefficient (Wildman–Crippen LogP) is 2.48. The average molecular weight is 331 g/mol. The van der Waals surface area contributed by atoms with Gasteiger partial charge in [0.2, 0.25) is 11.8 Å². The van der Waals surface area contributed by atoms with Crippen molar-refractivity contribution in [2.45, 2.75) is 45.1 Å². The van der Waals surface area contributed by atoms with Crippen molar-refractivity contribution < 1.29 is 9.32 Å². The molecule has 0 bridgehead atoms. The number of nitrogens with one attached hydrogen (secondary N) is 1. The van der Waals surface area contributed by atoms with Gasteiger partial charge in [-0.1, -0.05) is 25.9 Å². The molecule has 130 valence electrons. The first-order valence-electron chi connectivity index (χ1n) is 8.32. The van der Waals surface area contributed by atoms with E-state index in [4.69, 9.17) is 4.52 Å². The molecule has 2 aromatic rings. The van der Waals surface area contributed by atoms with E-state index in [0.29, 0.717) is 12.4 Å². The molecule has 0 unspecified atom stereocenters. The molecular formula is C17H25N5O2. The van der Waals surface area contributed by atoms with Gasteiger partial charge in [-0.2, -0.15) is 5.10 Å². The van der Waals surface area contributed by atoms with Crippen molar-refractivity contribution in [2.24, 2.45) is 7.05 Å². The van der Waals surface area contributed by atoms with Gasteiger partial charge >= 0.3 is 0 Å². The molecule has 3 heterocycles. The molecule has 0 saturated carbocycles. The van der Waals surface area contributed by atoms with Crippen molar-refractivity contribution in [3.8, 4) is 0 Å². The Hall–Kier alpha value is -2.15. The van der Waals surface area contributed by atoms with Crippen molar-refractivity contribution >= 4 is 11.8 Å². The fraction of sp³-hybridized carbons (Fsp3) is 0.588. The molecular weight excluding hydrogens is 306 g/mol. The second kappa shape index (κ2) is 6.39. The highest BCUT2D eigenvalue weighted by Gasteiger charge is 2.29. The lowest BCUT2D eigenvalue weighted by atomic mass is 9.92. The molecule has 0 spiro atoms. The van der Waals surface area contributed by atoms with Crippen molar-refractivity contribution in [3.63, 3.8) is 0 Å². The van der Waals surface area contributed by atoms with Crippen LogP contribution in [0.3, 0.4) is 0 Å². The maximum absolute atomic E-state index is 12.3. The normalized spacial score (nSPS) is 18.9. The first kappa shape index (κ1) is 16.7. The summed E-state index contributed by atoms with van der Waals surface area (Å²) in [6.07, 6.45) is 6.04. The number of aryl methyl sites for hydroxylation is 1. The number of rotatable bonds is 4. The molecule has 1 atom stereocenters. The van der Waals surface area contributed by atoms with Crippen LogP contribution in [-0.2, 0) is 17.3 Å². The Balaban J connectivity index is 1.61. The van der Waals surface area contributed by atoms with E-state index in [1.165, 1.54) is 0 Å². The minimum Gasteiger partial charge on any atom is -0.338 e. The number of likely N-dealkylation sites (tertiary alicyclic amines) is 1. The largest absolute Gasteiger partial charge is 0.338 e. The van der Waals surface area contributed by atoms with Crippen molar-refractivity contribution in [1.82, 2.24) is 19.8 Å². The van der Waals surface area contributed by atoms with Crippen LogP contribution in [0.15, 0.2) is 23.0 Å². The molecule has 24 heavy (non-hydrogen) atoms. The van der Waals surface area contributed by atoms with Gasteiger partial charge in [0.25, 0.3) is 0 Å². The molecule has 1 aliphatic heterocycles. The number of carbonyl (C=O) groups excluding carboxylic acids is 1. The highest BCUT2D eigenvalue weighted by Crippen LogP contribution is 2.31. The molecule has 1 aliphatic rings. The van der Waals surface area contributed by atoms with Crippen LogP contribution in [0.2, 0.25) is 0 Å². The maximum Gasteiger partial charge on any atom is 0.240 e. The first-order chi connectivity index (χ1) is 11.3. The van der Waals surface area contributed by atoms with Gasteiger partial charge in [0.05, 0.1) is 18.4 Å². The second-order valence-corrected chi connectivity index (χ2v) is 7.45. The van der Waals surface area contributed by atoms with Crippen LogP contribution in [0.5, 0.6) is 0 Å². The molecule has 0 aromatic carbocycles.